The van der Waals surface area contributed by atoms with Gasteiger partial charge in [-0.05, 0) is 0 Å². The molecular weight excluding hydrogens is 122 g/mol. The van der Waals surface area contributed by atoms with Gasteiger partial charge in [-0.3, -0.25) is 4.55 Å². The van der Waals surface area contributed by atoms with Crippen LogP contribution in [0.2, 0.25) is 0 Å². The summed E-state index contributed by atoms with van der Waals surface area (Å²) in [5.74, 6) is 0. The first-order valence-electron chi connectivity index (χ1n) is 0.670. The molecule has 0 aliphatic heterocycles. The van der Waals surface area contributed by atoms with Crippen molar-refractivity contribution in [1.82, 2.24) is 0 Å². The standard InChI is InChI=1S/ClHO3S.Li.H/c1-5(2,3)4;;/h(H,2,3,4);;. The van der Waals surface area contributed by atoms with E-state index in [1.165, 1.54) is 0 Å². The van der Waals surface area contributed by atoms with Gasteiger partial charge in [-0.2, -0.15) is 8.42 Å². The van der Waals surface area contributed by atoms with Crippen LogP contribution in [0.4, 0.5) is 0 Å². The van der Waals surface area contributed by atoms with E-state index in [9.17, 15) is 0 Å². The van der Waals surface area contributed by atoms with Crippen molar-refractivity contribution < 1.29 is 13.0 Å². The Bertz CT molecular complexity index is 94.0. The first-order valence-corrected chi connectivity index (χ1v) is 2.94. The van der Waals surface area contributed by atoms with Crippen LogP contribution in [0.5, 0.6) is 0 Å². The van der Waals surface area contributed by atoms with Gasteiger partial charge in [-0.25, -0.2) is 0 Å². The first kappa shape index (κ1) is 9.93. The Morgan fingerprint density at radius 1 is 1.50 bits per heavy atom. The van der Waals surface area contributed by atoms with Crippen molar-refractivity contribution >= 4 is 38.9 Å². The van der Waals surface area contributed by atoms with Gasteiger partial charge in [-0.15, -0.1) is 0 Å². The molecule has 0 saturated carbocycles. The molecule has 6 heavy (non-hydrogen) atoms. The third-order valence-electron chi connectivity index (χ3n) is 0. The molecule has 0 aromatic heterocycles. The van der Waals surface area contributed by atoms with Crippen molar-refractivity contribution in [2.75, 3.05) is 0 Å². The molecule has 3 nitrogen and oxygen atoms in total. The van der Waals surface area contributed by atoms with Gasteiger partial charge in [0.1, 0.15) is 0 Å². The molecule has 0 aromatic carbocycles. The second-order valence-corrected chi connectivity index (χ2v) is 2.41. The molecule has 1 N–H and O–H groups in total. The molecular formula is H2ClLiO3S. The van der Waals surface area contributed by atoms with Gasteiger partial charge < -0.3 is 0 Å². The average Bonchev–Trinajstić information content (AvgIpc) is 0.722. The topological polar surface area (TPSA) is 54.4 Å². The molecule has 0 aromatic rings. The maximum atomic E-state index is 8.95. The zero-order valence-electron chi connectivity index (χ0n) is 2.05. The zero-order valence-corrected chi connectivity index (χ0v) is 3.62. The van der Waals surface area contributed by atoms with Crippen molar-refractivity contribution in [3.05, 3.63) is 0 Å². The normalized spacial score (nSPS) is 9.67. The monoisotopic (exact) mass is 124 g/mol. The van der Waals surface area contributed by atoms with E-state index in [4.69, 9.17) is 13.0 Å². The maximum absolute atomic E-state index is 8.95. The van der Waals surface area contributed by atoms with E-state index >= 15 is 0 Å². The Labute approximate surface area is 52.1 Å². The average molecular weight is 124 g/mol. The van der Waals surface area contributed by atoms with Gasteiger partial charge >= 0.3 is 28.2 Å². The van der Waals surface area contributed by atoms with Gasteiger partial charge in [0.2, 0.25) is 0 Å². The van der Waals surface area contributed by atoms with Crippen LogP contribution in [0.25, 0.3) is 0 Å². The molecule has 0 fully saturated rings. The number of hydrogen-bond donors (Lipinski definition) is 1. The van der Waals surface area contributed by atoms with Crippen LogP contribution in [0, 0.1) is 0 Å². The quantitative estimate of drug-likeness (QED) is 0.266. The number of halogens is 1. The van der Waals surface area contributed by atoms with Crippen LogP contribution in [-0.2, 0) is 9.33 Å². The summed E-state index contributed by atoms with van der Waals surface area (Å²) < 4.78 is 25.2. The molecule has 0 saturated heterocycles. The summed E-state index contributed by atoms with van der Waals surface area (Å²) in [5, 5.41) is 0. The number of rotatable bonds is 0. The van der Waals surface area contributed by atoms with Gasteiger partial charge in [0, 0.05) is 10.7 Å². The summed E-state index contributed by atoms with van der Waals surface area (Å²) in [6.45, 7) is 0. The molecule has 0 heterocycles. The molecule has 0 amide bonds. The van der Waals surface area contributed by atoms with E-state index in [0.29, 0.717) is 0 Å². The van der Waals surface area contributed by atoms with Crippen LogP contribution >= 0.6 is 10.7 Å². The van der Waals surface area contributed by atoms with E-state index in [-0.39, 0.29) is 18.9 Å². The SMILES string of the molecule is O=S(=O)(O)Cl.[LiH]. The fraction of sp³-hybridized carbons (Fsp3) is 0. The van der Waals surface area contributed by atoms with Gasteiger partial charge in [0.15, 0.2) is 0 Å². The van der Waals surface area contributed by atoms with Crippen molar-refractivity contribution in [2.45, 2.75) is 0 Å². The molecule has 0 unspecified atom stereocenters. The predicted octanol–water partition coefficient (Wildman–Crippen LogP) is -0.620. The van der Waals surface area contributed by atoms with Crippen LogP contribution in [0.15, 0.2) is 0 Å². The van der Waals surface area contributed by atoms with Crippen LogP contribution in [0.1, 0.15) is 0 Å². The summed E-state index contributed by atoms with van der Waals surface area (Å²) in [6, 6.07) is 0. The molecule has 0 spiro atoms. The van der Waals surface area contributed by atoms with Gasteiger partial charge in [0.25, 0.3) is 0 Å². The Kier molecular flexibility index (Phi) is 4.78. The summed E-state index contributed by atoms with van der Waals surface area (Å²) >= 11 is 0. The van der Waals surface area contributed by atoms with Crippen LogP contribution in [-0.4, -0.2) is 31.8 Å². The third kappa shape index (κ3) is 109. The van der Waals surface area contributed by atoms with Crippen molar-refractivity contribution in [1.29, 1.82) is 0 Å². The van der Waals surface area contributed by atoms with Crippen molar-refractivity contribution in [2.24, 2.45) is 0 Å². The molecule has 0 bridgehead atoms. The fourth-order valence-corrected chi connectivity index (χ4v) is 0. The predicted molar refractivity (Wildman–Crippen MR) is 24.6 cm³/mol. The summed E-state index contributed by atoms with van der Waals surface area (Å²) in [4.78, 5) is 0. The molecule has 6 heteroatoms. The van der Waals surface area contributed by atoms with E-state index in [2.05, 4.69) is 10.7 Å². The molecule has 0 rings (SSSR count). The van der Waals surface area contributed by atoms with E-state index in [1.807, 2.05) is 0 Å². The first-order chi connectivity index (χ1) is 2.00. The molecule has 34 valence electrons. The summed E-state index contributed by atoms with van der Waals surface area (Å²) in [5.41, 5.74) is 0. The van der Waals surface area contributed by atoms with Crippen LogP contribution < -0.4 is 0 Å². The summed E-state index contributed by atoms with van der Waals surface area (Å²) in [7, 11) is -0.137. The molecule has 0 aliphatic rings. The van der Waals surface area contributed by atoms with E-state index in [0.717, 1.165) is 0 Å². The van der Waals surface area contributed by atoms with Crippen LogP contribution in [0.3, 0.4) is 0 Å². The van der Waals surface area contributed by atoms with Crippen molar-refractivity contribution in [3.63, 3.8) is 0 Å². The van der Waals surface area contributed by atoms with Crippen molar-refractivity contribution in [3.8, 4) is 0 Å². The molecule has 0 atom stereocenters. The Balaban J connectivity index is 0. The Morgan fingerprint density at radius 3 is 1.50 bits per heavy atom. The van der Waals surface area contributed by atoms with Gasteiger partial charge in [-0.1, -0.05) is 0 Å². The third-order valence-corrected chi connectivity index (χ3v) is 0. The Morgan fingerprint density at radius 2 is 1.50 bits per heavy atom. The van der Waals surface area contributed by atoms with E-state index < -0.39 is 9.33 Å². The molecule has 0 radical (unpaired) electrons. The minimum absolute atomic E-state index is 0. The molecule has 0 aliphatic carbocycles. The van der Waals surface area contributed by atoms with Gasteiger partial charge in [0.05, 0.1) is 0 Å². The summed E-state index contributed by atoms with van der Waals surface area (Å²) in [6.07, 6.45) is 0. The zero-order chi connectivity index (χ0) is 4.50. The fourth-order valence-electron chi connectivity index (χ4n) is 0. The minimum atomic E-state index is -4.19. The van der Waals surface area contributed by atoms with E-state index in [1.54, 1.807) is 0 Å². The second-order valence-electron chi connectivity index (χ2n) is 0.412. The number of hydrogen-bond acceptors (Lipinski definition) is 2. The Hall–Kier alpha value is 0.797. The second kappa shape index (κ2) is 2.89.